The summed E-state index contributed by atoms with van der Waals surface area (Å²) < 4.78 is 15.9. The van der Waals surface area contributed by atoms with Crippen molar-refractivity contribution in [3.05, 3.63) is 27.8 Å². The molecule has 10 nitrogen and oxygen atoms in total. The first-order valence-electron chi connectivity index (χ1n) is 10.1. The number of esters is 1. The number of nitrogens with zero attached hydrogens (tertiary/aromatic N) is 3. The minimum Gasteiger partial charge on any atom is -0.462 e. The highest BCUT2D eigenvalue weighted by atomic mass is 32.1. The van der Waals surface area contributed by atoms with Crippen LogP contribution < -0.4 is 10.2 Å². The number of H-pyrrole nitrogens is 1. The van der Waals surface area contributed by atoms with Crippen molar-refractivity contribution in [1.82, 2.24) is 20.3 Å². The van der Waals surface area contributed by atoms with Crippen LogP contribution in [0.2, 0.25) is 0 Å². The minimum absolute atomic E-state index is 0.171. The Labute approximate surface area is 185 Å². The van der Waals surface area contributed by atoms with E-state index in [1.54, 1.807) is 28.1 Å². The Balaban J connectivity index is 1.66. The molecule has 2 aromatic rings. The third-order valence-corrected chi connectivity index (χ3v) is 6.37. The lowest BCUT2D eigenvalue weighted by Gasteiger charge is -2.37. The zero-order valence-electron chi connectivity index (χ0n) is 18.5. The van der Waals surface area contributed by atoms with E-state index in [1.807, 2.05) is 6.92 Å². The van der Waals surface area contributed by atoms with E-state index >= 15 is 0 Å². The molecule has 31 heavy (non-hydrogen) atoms. The Kier molecular flexibility index (Phi) is 7.63. The van der Waals surface area contributed by atoms with Gasteiger partial charge in [-0.15, -0.1) is 0 Å². The van der Waals surface area contributed by atoms with Crippen molar-refractivity contribution in [3.63, 3.8) is 0 Å². The zero-order chi connectivity index (χ0) is 22.5. The van der Waals surface area contributed by atoms with Crippen LogP contribution in [0.25, 0.3) is 0 Å². The summed E-state index contributed by atoms with van der Waals surface area (Å²) >= 11 is 1.32. The van der Waals surface area contributed by atoms with Gasteiger partial charge in [0.05, 0.1) is 36.7 Å². The maximum absolute atomic E-state index is 12.7. The number of thiazole rings is 1. The molecule has 3 rings (SSSR count). The molecule has 170 valence electrons. The number of amides is 1. The Bertz CT molecular complexity index is 927. The lowest BCUT2D eigenvalue weighted by molar-refractivity contribution is 0.0530. The van der Waals surface area contributed by atoms with E-state index in [4.69, 9.17) is 14.2 Å². The molecule has 0 bridgehead atoms. The Morgan fingerprint density at radius 1 is 1.29 bits per heavy atom. The number of aromatic nitrogens is 3. The normalized spacial score (nSPS) is 18.8. The molecule has 0 saturated carbocycles. The lowest BCUT2D eigenvalue weighted by atomic mass is 10.0. The largest absolute Gasteiger partial charge is 0.462 e. The number of imidazole rings is 1. The van der Waals surface area contributed by atoms with Crippen molar-refractivity contribution in [2.75, 3.05) is 38.8 Å². The van der Waals surface area contributed by atoms with Gasteiger partial charge < -0.3 is 29.4 Å². The number of methoxy groups -OCH3 is 2. The van der Waals surface area contributed by atoms with Crippen molar-refractivity contribution in [2.24, 2.45) is 0 Å². The third-order valence-electron chi connectivity index (χ3n) is 5.18. The van der Waals surface area contributed by atoms with Crippen LogP contribution in [0.3, 0.4) is 0 Å². The number of hydrogen-bond acceptors (Lipinski definition) is 9. The number of anilines is 1. The Morgan fingerprint density at radius 2 is 2.06 bits per heavy atom. The van der Waals surface area contributed by atoms with E-state index in [9.17, 15) is 9.59 Å². The second-order valence-corrected chi connectivity index (χ2v) is 8.29. The molecule has 1 fully saturated rings. The quantitative estimate of drug-likeness (QED) is 0.584. The van der Waals surface area contributed by atoms with E-state index in [-0.39, 0.29) is 29.8 Å². The summed E-state index contributed by atoms with van der Waals surface area (Å²) in [5, 5.41) is 3.77. The molecule has 3 heterocycles. The van der Waals surface area contributed by atoms with Crippen LogP contribution in [0.4, 0.5) is 5.13 Å². The molecular formula is C20H29N5O5S. The number of carbonyl (C=O) groups excluding carboxylic acids is 2. The number of rotatable bonds is 8. The van der Waals surface area contributed by atoms with Crippen LogP contribution >= 0.6 is 11.3 Å². The van der Waals surface area contributed by atoms with Gasteiger partial charge in [0.1, 0.15) is 4.88 Å². The van der Waals surface area contributed by atoms with E-state index in [0.29, 0.717) is 49.0 Å². The van der Waals surface area contributed by atoms with E-state index in [2.05, 4.69) is 25.2 Å². The SMILES string of the molecule is CCOC(=O)c1sc(N2CC[C@@H](NC(=O)c3nc(COC)c(C)[nH]3)[C@@H](OC)C2)nc1C. The average molecular weight is 452 g/mol. The Morgan fingerprint density at radius 3 is 2.74 bits per heavy atom. The number of hydrogen-bond donors (Lipinski definition) is 2. The number of aryl methyl sites for hydroxylation is 2. The fourth-order valence-electron chi connectivity index (χ4n) is 3.52. The molecule has 0 radical (unpaired) electrons. The molecule has 2 atom stereocenters. The summed E-state index contributed by atoms with van der Waals surface area (Å²) in [6.07, 6.45) is 0.435. The standard InChI is InChI=1S/C20H29N5O5S/c1-6-30-19(27)16-12(3)22-20(31-16)25-8-7-13(15(9-25)29-5)24-18(26)17-21-11(2)14(23-17)10-28-4/h13,15H,6-10H2,1-5H3,(H,21,23)(H,24,26)/t13-,15+/m1/s1. The summed E-state index contributed by atoms with van der Waals surface area (Å²) in [7, 11) is 3.21. The highest BCUT2D eigenvalue weighted by molar-refractivity contribution is 7.17. The molecule has 0 aliphatic carbocycles. The summed E-state index contributed by atoms with van der Waals surface area (Å²) in [5.74, 6) is -0.368. The maximum Gasteiger partial charge on any atom is 0.350 e. The van der Waals surface area contributed by atoms with Crippen LogP contribution in [-0.2, 0) is 20.8 Å². The first-order valence-corrected chi connectivity index (χ1v) is 11.0. The second kappa shape index (κ2) is 10.2. The molecule has 2 aromatic heterocycles. The summed E-state index contributed by atoms with van der Waals surface area (Å²) in [6.45, 7) is 7.32. The number of carbonyl (C=O) groups is 2. The highest BCUT2D eigenvalue weighted by Crippen LogP contribution is 2.29. The van der Waals surface area contributed by atoms with Gasteiger partial charge in [-0.1, -0.05) is 11.3 Å². The van der Waals surface area contributed by atoms with E-state index in [0.717, 1.165) is 10.8 Å². The topological polar surface area (TPSA) is 119 Å². The predicted molar refractivity (Wildman–Crippen MR) is 116 cm³/mol. The molecule has 1 amide bonds. The number of piperidine rings is 1. The molecule has 0 aromatic carbocycles. The van der Waals surface area contributed by atoms with Gasteiger partial charge in [0.2, 0.25) is 0 Å². The van der Waals surface area contributed by atoms with Crippen LogP contribution in [-0.4, -0.2) is 72.9 Å². The summed E-state index contributed by atoms with van der Waals surface area (Å²) in [4.78, 5) is 39.3. The van der Waals surface area contributed by atoms with Gasteiger partial charge in [-0.05, 0) is 27.2 Å². The number of aromatic amines is 1. The maximum atomic E-state index is 12.7. The van der Waals surface area contributed by atoms with Gasteiger partial charge in [0, 0.05) is 33.0 Å². The minimum atomic E-state index is -0.351. The molecule has 1 aliphatic heterocycles. The summed E-state index contributed by atoms with van der Waals surface area (Å²) in [5.41, 5.74) is 2.17. The van der Waals surface area contributed by atoms with Gasteiger partial charge in [-0.2, -0.15) is 0 Å². The number of nitrogens with one attached hydrogen (secondary N) is 2. The smallest absolute Gasteiger partial charge is 0.350 e. The number of ether oxygens (including phenoxy) is 3. The molecule has 11 heteroatoms. The van der Waals surface area contributed by atoms with Gasteiger partial charge >= 0.3 is 5.97 Å². The van der Waals surface area contributed by atoms with Crippen LogP contribution in [0.15, 0.2) is 0 Å². The monoisotopic (exact) mass is 451 g/mol. The van der Waals surface area contributed by atoms with Gasteiger partial charge in [0.25, 0.3) is 5.91 Å². The van der Waals surface area contributed by atoms with Crippen molar-refractivity contribution < 1.29 is 23.8 Å². The van der Waals surface area contributed by atoms with Gasteiger partial charge in [0.15, 0.2) is 11.0 Å². The van der Waals surface area contributed by atoms with Crippen LogP contribution in [0.5, 0.6) is 0 Å². The first-order chi connectivity index (χ1) is 14.9. The van der Waals surface area contributed by atoms with Crippen molar-refractivity contribution >= 4 is 28.3 Å². The fraction of sp³-hybridized carbons (Fsp3) is 0.600. The summed E-state index contributed by atoms with van der Waals surface area (Å²) in [6, 6.07) is -0.171. The molecule has 0 unspecified atom stereocenters. The molecule has 2 N–H and O–H groups in total. The highest BCUT2D eigenvalue weighted by Gasteiger charge is 2.33. The average Bonchev–Trinajstić information content (AvgIpc) is 3.31. The molecule has 1 saturated heterocycles. The zero-order valence-corrected chi connectivity index (χ0v) is 19.3. The predicted octanol–water partition coefficient (Wildman–Crippen LogP) is 1.83. The van der Waals surface area contributed by atoms with Gasteiger partial charge in [-0.25, -0.2) is 14.8 Å². The van der Waals surface area contributed by atoms with Crippen LogP contribution in [0, 0.1) is 13.8 Å². The third kappa shape index (κ3) is 5.23. The molecule has 1 aliphatic rings. The van der Waals surface area contributed by atoms with Crippen molar-refractivity contribution in [3.8, 4) is 0 Å². The Hall–Kier alpha value is -2.50. The van der Waals surface area contributed by atoms with Crippen molar-refractivity contribution in [2.45, 2.75) is 45.9 Å². The second-order valence-electron chi connectivity index (χ2n) is 7.31. The van der Waals surface area contributed by atoms with Crippen LogP contribution in [0.1, 0.15) is 50.7 Å². The van der Waals surface area contributed by atoms with E-state index < -0.39 is 0 Å². The molecule has 0 spiro atoms. The lowest BCUT2D eigenvalue weighted by Crippen LogP contribution is -2.55. The first kappa shape index (κ1) is 23.2. The van der Waals surface area contributed by atoms with Gasteiger partial charge in [-0.3, -0.25) is 4.79 Å². The fourth-order valence-corrected chi connectivity index (χ4v) is 4.51. The van der Waals surface area contributed by atoms with Crippen molar-refractivity contribution in [1.29, 1.82) is 0 Å². The molecular weight excluding hydrogens is 422 g/mol. The van der Waals surface area contributed by atoms with E-state index in [1.165, 1.54) is 11.3 Å².